The molecule has 260 valence electrons. The number of hydrogen-bond donors (Lipinski definition) is 1. The molecule has 2 N–H and O–H groups in total. The van der Waals surface area contributed by atoms with E-state index in [0.717, 1.165) is 42.4 Å². The van der Waals surface area contributed by atoms with Crippen LogP contribution in [0.4, 0.5) is 5.69 Å². The molecule has 2 spiro atoms. The molecule has 2 saturated carbocycles. The van der Waals surface area contributed by atoms with Crippen molar-refractivity contribution < 1.29 is 14.4 Å². The second-order valence-corrected chi connectivity index (χ2v) is 16.3. The van der Waals surface area contributed by atoms with Crippen molar-refractivity contribution in [2.24, 2.45) is 23.5 Å². The third-order valence-corrected chi connectivity index (χ3v) is 14.4. The van der Waals surface area contributed by atoms with Gasteiger partial charge in [-0.15, -0.1) is 35.1 Å². The summed E-state index contributed by atoms with van der Waals surface area (Å²) < 4.78 is 2.06. The number of Topliss-reactive ketones (excluding diaryl/α,β-unsaturated/α-hetero) is 1. The van der Waals surface area contributed by atoms with Crippen molar-refractivity contribution in [1.82, 2.24) is 9.80 Å². The Morgan fingerprint density at radius 1 is 0.900 bits per heavy atom. The molecule has 12 rings (SSSR count). The van der Waals surface area contributed by atoms with E-state index in [1.54, 1.807) is 11.3 Å². The number of piperidine rings is 6. The van der Waals surface area contributed by atoms with Crippen LogP contribution in [0, 0.1) is 35.7 Å². The van der Waals surface area contributed by atoms with Crippen LogP contribution < -0.4 is 5.73 Å². The van der Waals surface area contributed by atoms with E-state index >= 15 is 0 Å². The minimum atomic E-state index is 0. The van der Waals surface area contributed by atoms with Crippen LogP contribution in [0.5, 0.6) is 0 Å². The summed E-state index contributed by atoms with van der Waals surface area (Å²) in [7, 11) is 0. The molecule has 0 unspecified atom stereocenters. The first-order valence-corrected chi connectivity index (χ1v) is 19.1. The Morgan fingerprint density at radius 3 is 2.08 bits per heavy atom. The highest BCUT2D eigenvalue weighted by Gasteiger charge is 2.60. The Bertz CT molecular complexity index is 1960. The van der Waals surface area contributed by atoms with Crippen LogP contribution >= 0.6 is 35.1 Å². The average molecular weight is 728 g/mol. The third-order valence-electron chi connectivity index (χ3n) is 12.2. The maximum Gasteiger partial charge on any atom is 0.373 e. The molecule has 2 aliphatic carbocycles. The van der Waals surface area contributed by atoms with E-state index in [1.807, 2.05) is 53.9 Å². The minimum Gasteiger partial charge on any atom is -0.326 e. The van der Waals surface area contributed by atoms with Crippen LogP contribution in [0.3, 0.4) is 0 Å². The number of thiophene rings is 2. The molecule has 0 amide bonds. The van der Waals surface area contributed by atoms with E-state index in [4.69, 9.17) is 27.2 Å². The van der Waals surface area contributed by atoms with Crippen LogP contribution in [0.15, 0.2) is 53.9 Å². The number of benzene rings is 2. The maximum absolute atomic E-state index is 13.0. The van der Waals surface area contributed by atoms with Gasteiger partial charge in [-0.3, -0.25) is 14.6 Å². The number of nitriles is 1. The Balaban J connectivity index is 0.000000138. The average Bonchev–Trinajstić information content (AvgIpc) is 4.00. The largest absolute Gasteiger partial charge is 0.373 e. The first kappa shape index (κ1) is 36.4. The summed E-state index contributed by atoms with van der Waals surface area (Å²) in [5.41, 5.74) is 8.54. The van der Waals surface area contributed by atoms with Gasteiger partial charge in [0.05, 0.1) is 21.7 Å². The van der Waals surface area contributed by atoms with E-state index in [0.29, 0.717) is 35.1 Å². The number of ketones is 1. The second-order valence-electron chi connectivity index (χ2n) is 14.4. The Labute approximate surface area is 307 Å². The normalized spacial score (nSPS) is 27.9. The van der Waals surface area contributed by atoms with Crippen molar-refractivity contribution in [2.75, 3.05) is 26.2 Å². The summed E-state index contributed by atoms with van der Waals surface area (Å²) >= 11 is 3.12. The fraction of sp³-hybridized carbons (Fsp3) is 0.487. The molecule has 4 bridgehead atoms. The topological polar surface area (TPSA) is 112 Å². The van der Waals surface area contributed by atoms with E-state index in [1.165, 1.54) is 88.9 Å². The van der Waals surface area contributed by atoms with Crippen molar-refractivity contribution in [3.63, 3.8) is 0 Å². The van der Waals surface area contributed by atoms with Gasteiger partial charge in [-0.25, -0.2) is 4.85 Å². The molecule has 8 nitrogen and oxygen atoms in total. The summed E-state index contributed by atoms with van der Waals surface area (Å²) in [6, 6.07) is 18.2. The molecule has 0 radical (unpaired) electrons. The summed E-state index contributed by atoms with van der Waals surface area (Å²) in [6.07, 6.45) is 11.6. The zero-order chi connectivity index (χ0) is 34.2. The van der Waals surface area contributed by atoms with E-state index in [9.17, 15) is 4.79 Å². The molecular weight excluding hydrogens is 686 g/mol. The van der Waals surface area contributed by atoms with Gasteiger partial charge in [0.25, 0.3) is 0 Å². The number of carbonyl (C=O) groups excluding carboxylic acids is 3. The summed E-state index contributed by atoms with van der Waals surface area (Å²) in [5, 5.41) is 12.9. The Kier molecular flexibility index (Phi) is 10.9. The van der Waals surface area contributed by atoms with Gasteiger partial charge in [0.1, 0.15) is 6.07 Å². The fourth-order valence-corrected chi connectivity index (χ4v) is 11.3. The molecule has 50 heavy (non-hydrogen) atoms. The predicted molar refractivity (Wildman–Crippen MR) is 200 cm³/mol. The smallest absolute Gasteiger partial charge is 0.326 e. The van der Waals surface area contributed by atoms with Gasteiger partial charge in [0, 0.05) is 28.2 Å². The predicted octanol–water partition coefficient (Wildman–Crippen LogP) is 8.08. The molecule has 8 fully saturated rings. The van der Waals surface area contributed by atoms with Gasteiger partial charge < -0.3 is 5.73 Å². The van der Waals surface area contributed by atoms with Crippen molar-refractivity contribution in [3.05, 3.63) is 75.8 Å². The number of hydrogen-bond acceptors (Lipinski definition) is 9. The molecule has 2 aromatic carbocycles. The van der Waals surface area contributed by atoms with E-state index < -0.39 is 0 Å². The van der Waals surface area contributed by atoms with Crippen LogP contribution in [-0.4, -0.2) is 65.0 Å². The molecule has 6 aliphatic heterocycles. The molecule has 2 aromatic heterocycles. The molecule has 4 aromatic rings. The summed E-state index contributed by atoms with van der Waals surface area (Å²) in [6.45, 7) is 12.5. The van der Waals surface area contributed by atoms with Crippen LogP contribution in [0.2, 0.25) is 0 Å². The van der Waals surface area contributed by atoms with Crippen molar-refractivity contribution in [3.8, 4) is 6.07 Å². The van der Waals surface area contributed by atoms with Crippen molar-refractivity contribution in [2.45, 2.75) is 74.9 Å². The number of rotatable bonds is 3. The molecule has 8 aliphatic rings. The van der Waals surface area contributed by atoms with Gasteiger partial charge >= 0.3 is 6.15 Å². The zero-order valence-electron chi connectivity index (χ0n) is 28.0. The summed E-state index contributed by atoms with van der Waals surface area (Å²) in [4.78, 5) is 39.0. The fourth-order valence-electron chi connectivity index (χ4n) is 9.38. The first-order valence-electron chi connectivity index (χ1n) is 17.4. The van der Waals surface area contributed by atoms with Crippen molar-refractivity contribution >= 4 is 72.9 Å². The van der Waals surface area contributed by atoms with Gasteiger partial charge in [0.15, 0.2) is 5.78 Å². The number of carbonyl (C=O) groups is 1. The van der Waals surface area contributed by atoms with Gasteiger partial charge in [-0.1, -0.05) is 30.3 Å². The lowest BCUT2D eigenvalue weighted by atomic mass is 9.70. The SMILES string of the molecule is Cl.N#Cc1cccc2ccsc12.N[C@@H]1C2CCN(CC2)C12CC2.O=C=O.[C-]#[N+]c1cccc2cc(C(=O)C[C@@H]3C4CCN(CC4)C34CC4)sc12. The first-order chi connectivity index (χ1) is 23.9. The van der Waals surface area contributed by atoms with Crippen LogP contribution in [-0.2, 0) is 9.59 Å². The lowest BCUT2D eigenvalue weighted by Gasteiger charge is -2.52. The summed E-state index contributed by atoms with van der Waals surface area (Å²) in [5.74, 6) is 2.45. The zero-order valence-corrected chi connectivity index (χ0v) is 30.5. The van der Waals surface area contributed by atoms with E-state index in [2.05, 4.69) is 20.7 Å². The third kappa shape index (κ3) is 6.67. The molecular formula is C39H42ClN5O3S2. The lowest BCUT2D eigenvalue weighted by molar-refractivity contribution is -0.191. The Hall–Kier alpha value is -3.44. The highest BCUT2D eigenvalue weighted by atomic mass is 35.5. The molecule has 8 heterocycles. The molecule has 6 saturated heterocycles. The van der Waals surface area contributed by atoms with Crippen LogP contribution in [0.1, 0.15) is 73.0 Å². The highest BCUT2D eigenvalue weighted by Crippen LogP contribution is 2.59. The molecule has 2 atom stereocenters. The maximum atomic E-state index is 13.0. The van der Waals surface area contributed by atoms with Gasteiger partial charge in [0.2, 0.25) is 5.69 Å². The van der Waals surface area contributed by atoms with Gasteiger partial charge in [-0.05, 0) is 130 Å². The lowest BCUT2D eigenvalue weighted by Crippen LogP contribution is -2.63. The van der Waals surface area contributed by atoms with E-state index in [-0.39, 0.29) is 24.3 Å². The standard InChI is InChI=1S/C20H20N2OS.C9H16N2.C9H5NS.CO2.ClH/c1-21-16-4-2-3-14-11-18(24-19(14)16)17(23)12-15-13-5-9-22(10-6-13)20(15)7-8-20;10-8-7-1-5-11(6-2-7)9(8)3-4-9;10-6-8-3-1-2-7-4-5-11-9(7)8;2-1-3;/h2-4,11,13,15H,5-10,12H2;7-8H,1-6,10H2;1-5H;;1H/t15-;8-;;;/m11.../s1. The Morgan fingerprint density at radius 2 is 1.50 bits per heavy atom. The number of nitrogens with zero attached hydrogens (tertiary/aromatic N) is 4. The highest BCUT2D eigenvalue weighted by molar-refractivity contribution is 7.21. The van der Waals surface area contributed by atoms with Crippen LogP contribution in [0.25, 0.3) is 25.0 Å². The second kappa shape index (κ2) is 15.0. The number of fused-ring (bicyclic) bond motifs is 6. The quantitative estimate of drug-likeness (QED) is 0.168. The van der Waals surface area contributed by atoms with Crippen molar-refractivity contribution in [1.29, 1.82) is 5.26 Å². The number of nitrogens with two attached hydrogens (primary N) is 1. The monoisotopic (exact) mass is 727 g/mol. The number of halogens is 1. The van der Waals surface area contributed by atoms with Gasteiger partial charge in [-0.2, -0.15) is 14.9 Å². The minimum absolute atomic E-state index is 0. The molecule has 11 heteroatoms.